The van der Waals surface area contributed by atoms with Crippen LogP contribution in [0.2, 0.25) is 0 Å². The van der Waals surface area contributed by atoms with Crippen LogP contribution in [0.1, 0.15) is 58.2 Å². The fourth-order valence-corrected chi connectivity index (χ4v) is 6.03. The first-order valence-corrected chi connectivity index (χ1v) is 14.7. The summed E-state index contributed by atoms with van der Waals surface area (Å²) in [5.41, 5.74) is 3.83. The third kappa shape index (κ3) is 7.00. The second-order valence-corrected chi connectivity index (χ2v) is 11.5. The summed E-state index contributed by atoms with van der Waals surface area (Å²) in [6.45, 7) is 10.7. The molecule has 9 heteroatoms. The molecule has 1 aromatic carbocycles. The van der Waals surface area contributed by atoms with Gasteiger partial charge in [0.1, 0.15) is 0 Å². The molecule has 2 aliphatic rings. The molecule has 1 fully saturated rings. The first kappa shape index (κ1) is 30.0. The van der Waals surface area contributed by atoms with Crippen LogP contribution in [-0.2, 0) is 22.6 Å². The van der Waals surface area contributed by atoms with E-state index in [1.54, 1.807) is 6.20 Å². The summed E-state index contributed by atoms with van der Waals surface area (Å²) in [6.07, 6.45) is 2.00. The van der Waals surface area contributed by atoms with Gasteiger partial charge in [0.15, 0.2) is 0 Å². The van der Waals surface area contributed by atoms with E-state index in [1.807, 2.05) is 29.2 Å². The highest BCUT2D eigenvalue weighted by molar-refractivity contribution is 6.01. The zero-order valence-electron chi connectivity index (χ0n) is 24.2. The van der Waals surface area contributed by atoms with Crippen molar-refractivity contribution < 1.29 is 19.8 Å². The summed E-state index contributed by atoms with van der Waals surface area (Å²) >= 11 is 0. The lowest BCUT2D eigenvalue weighted by Gasteiger charge is -2.39. The summed E-state index contributed by atoms with van der Waals surface area (Å²) < 4.78 is 0. The topological polar surface area (TPSA) is 118 Å². The lowest BCUT2D eigenvalue weighted by atomic mass is 9.84. The van der Waals surface area contributed by atoms with Gasteiger partial charge >= 0.3 is 0 Å². The highest BCUT2D eigenvalue weighted by Gasteiger charge is 2.38. The number of aromatic nitrogens is 1. The summed E-state index contributed by atoms with van der Waals surface area (Å²) in [5, 5.41) is 27.3. The fourth-order valence-electron chi connectivity index (χ4n) is 6.03. The first-order valence-electron chi connectivity index (χ1n) is 14.7. The predicted octanol–water partition coefficient (Wildman–Crippen LogP) is 2.64. The molecular weight excluding hydrogens is 506 g/mol. The Morgan fingerprint density at radius 3 is 2.60 bits per heavy atom. The number of benzene rings is 1. The number of aliphatic hydroxyl groups is 2. The molecule has 4 N–H and O–H groups in total. The Morgan fingerprint density at radius 1 is 1.20 bits per heavy atom. The van der Waals surface area contributed by atoms with Gasteiger partial charge in [0, 0.05) is 31.7 Å². The van der Waals surface area contributed by atoms with Crippen molar-refractivity contribution >= 4 is 23.2 Å². The molecule has 0 saturated carbocycles. The largest absolute Gasteiger partial charge is 0.392 e. The molecular formula is C31H45N5O4. The number of carbonyl (C=O) groups excluding carboxylic acids is 2. The average Bonchev–Trinajstić information content (AvgIpc) is 3.38. The van der Waals surface area contributed by atoms with E-state index in [2.05, 4.69) is 60.3 Å². The van der Waals surface area contributed by atoms with Crippen LogP contribution < -0.4 is 20.4 Å². The van der Waals surface area contributed by atoms with Crippen LogP contribution >= 0.6 is 0 Å². The number of anilines is 2. The third-order valence-electron chi connectivity index (χ3n) is 8.07. The van der Waals surface area contributed by atoms with Crippen molar-refractivity contribution in [3.8, 4) is 0 Å². The maximum Gasteiger partial charge on any atom is 0.237 e. The van der Waals surface area contributed by atoms with E-state index in [1.165, 1.54) is 0 Å². The number of rotatable bonds is 12. The number of para-hydroxylation sites is 1. The van der Waals surface area contributed by atoms with Gasteiger partial charge in [-0.15, -0.1) is 0 Å². The molecule has 0 bridgehead atoms. The van der Waals surface area contributed by atoms with Crippen molar-refractivity contribution in [2.45, 2.75) is 84.2 Å². The van der Waals surface area contributed by atoms with Crippen LogP contribution in [0.4, 0.5) is 11.4 Å². The highest BCUT2D eigenvalue weighted by atomic mass is 16.3. The summed E-state index contributed by atoms with van der Waals surface area (Å²) in [6, 6.07) is 10.9. The van der Waals surface area contributed by atoms with Crippen molar-refractivity contribution in [3.05, 3.63) is 53.9 Å². The minimum absolute atomic E-state index is 0.0352. The molecule has 40 heavy (non-hydrogen) atoms. The highest BCUT2D eigenvalue weighted by Crippen LogP contribution is 2.41. The Hall–Kier alpha value is -3.01. The van der Waals surface area contributed by atoms with Crippen molar-refractivity contribution in [2.75, 3.05) is 29.4 Å². The molecule has 2 aromatic rings. The van der Waals surface area contributed by atoms with E-state index in [4.69, 9.17) is 0 Å². The van der Waals surface area contributed by atoms with E-state index < -0.39 is 30.2 Å². The number of hydrogen-bond acceptors (Lipinski definition) is 7. The lowest BCUT2D eigenvalue weighted by Crippen LogP contribution is -2.51. The van der Waals surface area contributed by atoms with Gasteiger partial charge < -0.3 is 30.6 Å². The zero-order chi connectivity index (χ0) is 28.8. The number of aliphatic hydroxyl groups excluding tert-OH is 2. The monoisotopic (exact) mass is 551 g/mol. The van der Waals surface area contributed by atoms with Crippen LogP contribution in [0, 0.1) is 11.8 Å². The maximum absolute atomic E-state index is 14.1. The molecule has 2 amide bonds. The van der Waals surface area contributed by atoms with Gasteiger partial charge in [-0.05, 0) is 69.2 Å². The Morgan fingerprint density at radius 2 is 1.98 bits per heavy atom. The average molecular weight is 552 g/mol. The molecule has 2 unspecified atom stereocenters. The van der Waals surface area contributed by atoms with E-state index in [9.17, 15) is 19.8 Å². The van der Waals surface area contributed by atoms with Crippen LogP contribution in [0.15, 0.2) is 42.6 Å². The maximum atomic E-state index is 14.1. The molecule has 2 aliphatic heterocycles. The molecule has 0 aliphatic carbocycles. The lowest BCUT2D eigenvalue weighted by molar-refractivity contribution is -0.125. The molecule has 5 atom stereocenters. The number of β-amino-alcohol motifs (C(OH)–C–C–N with tert-alkyl or cyclic N) is 1. The first-order chi connectivity index (χ1) is 19.2. The number of hydrogen-bond donors (Lipinski definition) is 4. The molecule has 9 nitrogen and oxygen atoms in total. The van der Waals surface area contributed by atoms with Crippen molar-refractivity contribution in [1.82, 2.24) is 15.6 Å². The summed E-state index contributed by atoms with van der Waals surface area (Å²) in [5.74, 6) is -0.451. The normalized spacial score (nSPS) is 22.2. The number of carbonyl (C=O) groups is 2. The summed E-state index contributed by atoms with van der Waals surface area (Å²) in [7, 11) is 0. The number of fused-ring (bicyclic) bond motifs is 1. The second-order valence-electron chi connectivity index (χ2n) is 11.5. The Labute approximate surface area is 238 Å². The van der Waals surface area contributed by atoms with Gasteiger partial charge in [0.05, 0.1) is 47.9 Å². The molecule has 0 spiro atoms. The van der Waals surface area contributed by atoms with Crippen molar-refractivity contribution in [2.24, 2.45) is 11.8 Å². The Bertz CT molecular complexity index is 1140. The molecule has 218 valence electrons. The van der Waals surface area contributed by atoms with E-state index in [0.29, 0.717) is 32.4 Å². The minimum atomic E-state index is -0.893. The fraction of sp³-hybridized carbons (Fsp3) is 0.581. The Kier molecular flexibility index (Phi) is 10.2. The molecule has 1 saturated heterocycles. The van der Waals surface area contributed by atoms with Crippen LogP contribution in [0.25, 0.3) is 0 Å². The number of nitrogens with zero attached hydrogens (tertiary/aromatic N) is 3. The standard InChI is InChI=1S/C31H45N5O4/c1-5-35(6-2)27-12-9-10-21-15-22(31(40)36(29(21)27)19-23-11-7-8-13-32-23)16-28(38)25(14-20(3)4)34-30(39)26-17-24(37)18-33-26/h7-13,20,22,24-26,28,33,37-38H,5-6,14-19H2,1-4H3,(H,34,39)/t22?,24-,25-,26-,28?/m1/s1. The van der Waals surface area contributed by atoms with Crippen LogP contribution in [0.5, 0.6) is 0 Å². The van der Waals surface area contributed by atoms with Crippen LogP contribution in [0.3, 0.4) is 0 Å². The second kappa shape index (κ2) is 13.6. The minimum Gasteiger partial charge on any atom is -0.392 e. The van der Waals surface area contributed by atoms with Gasteiger partial charge in [-0.3, -0.25) is 14.6 Å². The summed E-state index contributed by atoms with van der Waals surface area (Å²) in [4.78, 5) is 35.7. The van der Waals surface area contributed by atoms with Gasteiger partial charge in [-0.25, -0.2) is 0 Å². The van der Waals surface area contributed by atoms with Crippen molar-refractivity contribution in [3.63, 3.8) is 0 Å². The van der Waals surface area contributed by atoms with E-state index >= 15 is 0 Å². The quantitative estimate of drug-likeness (QED) is 0.320. The van der Waals surface area contributed by atoms with Gasteiger partial charge in [-0.2, -0.15) is 0 Å². The zero-order valence-corrected chi connectivity index (χ0v) is 24.2. The van der Waals surface area contributed by atoms with E-state index in [-0.39, 0.29) is 24.2 Å². The number of amides is 2. The number of pyridine rings is 1. The molecule has 0 radical (unpaired) electrons. The predicted molar refractivity (Wildman–Crippen MR) is 157 cm³/mol. The van der Waals surface area contributed by atoms with Crippen molar-refractivity contribution in [1.29, 1.82) is 0 Å². The molecule has 3 heterocycles. The van der Waals surface area contributed by atoms with Gasteiger partial charge in [-0.1, -0.05) is 32.0 Å². The molecule has 4 rings (SSSR count). The number of nitrogens with one attached hydrogen (secondary N) is 2. The van der Waals surface area contributed by atoms with Crippen LogP contribution in [-0.4, -0.2) is 70.9 Å². The van der Waals surface area contributed by atoms with E-state index in [0.717, 1.165) is 35.7 Å². The smallest absolute Gasteiger partial charge is 0.237 e. The van der Waals surface area contributed by atoms with Gasteiger partial charge in [0.25, 0.3) is 0 Å². The Balaban J connectivity index is 1.60. The molecule has 1 aromatic heterocycles. The SMILES string of the molecule is CCN(CC)c1cccc2c1N(Cc1ccccn1)C(=O)C(CC(O)[C@@H](CC(C)C)NC(=O)[C@H]1C[C@@H](O)CN1)C2. The third-order valence-corrected chi connectivity index (χ3v) is 8.07. The van der Waals surface area contributed by atoms with Gasteiger partial charge in [0.2, 0.25) is 11.8 Å².